The van der Waals surface area contributed by atoms with Gasteiger partial charge in [0.25, 0.3) is 0 Å². The van der Waals surface area contributed by atoms with Crippen molar-refractivity contribution in [3.8, 4) is 11.5 Å². The molecule has 0 saturated heterocycles. The van der Waals surface area contributed by atoms with Crippen LogP contribution in [0, 0.1) is 0 Å². The van der Waals surface area contributed by atoms with E-state index in [9.17, 15) is 0 Å². The molecule has 3 heteroatoms. The lowest BCUT2D eigenvalue weighted by Crippen LogP contribution is -1.97. The molecule has 0 saturated carbocycles. The zero-order valence-electron chi connectivity index (χ0n) is 20.4. The number of rotatable bonds is 18. The molecule has 0 atom stereocenters. The highest BCUT2D eigenvalue weighted by Gasteiger charge is 1.97. The predicted octanol–water partition coefficient (Wildman–Crippen LogP) is 8.92. The smallest absolute Gasteiger partial charge is 0.119 e. The quantitative estimate of drug-likeness (QED) is 0.172. The summed E-state index contributed by atoms with van der Waals surface area (Å²) < 4.78 is 11.6. The van der Waals surface area contributed by atoms with Gasteiger partial charge >= 0.3 is 0 Å². The van der Waals surface area contributed by atoms with E-state index in [1.54, 1.807) is 0 Å². The molecule has 0 radical (unpaired) electrons. The van der Waals surface area contributed by atoms with Gasteiger partial charge in [0.2, 0.25) is 0 Å². The fraction of sp³-hybridized carbons (Fsp3) is 0.552. The Balaban J connectivity index is 1.58. The summed E-state index contributed by atoms with van der Waals surface area (Å²) in [5, 5.41) is 0. The van der Waals surface area contributed by atoms with Gasteiger partial charge in [-0.15, -0.1) is 0 Å². The number of hydrogen-bond acceptors (Lipinski definition) is 3. The maximum Gasteiger partial charge on any atom is 0.119 e. The SMILES string of the molecule is CCCCCCCCCCCCOc1ccc(N=Cc2ccc(OCCCC)cc2)cc1. The van der Waals surface area contributed by atoms with Crippen molar-refractivity contribution in [1.82, 2.24) is 0 Å². The van der Waals surface area contributed by atoms with Gasteiger partial charge in [0.15, 0.2) is 0 Å². The maximum atomic E-state index is 5.88. The minimum atomic E-state index is 0.775. The zero-order chi connectivity index (χ0) is 22.7. The normalized spacial score (nSPS) is 11.2. The van der Waals surface area contributed by atoms with Crippen LogP contribution < -0.4 is 9.47 Å². The highest BCUT2D eigenvalue weighted by atomic mass is 16.5. The highest BCUT2D eigenvalue weighted by Crippen LogP contribution is 2.19. The van der Waals surface area contributed by atoms with Gasteiger partial charge in [-0.3, -0.25) is 4.99 Å². The Bertz CT molecular complexity index is 722. The Hall–Kier alpha value is -2.29. The van der Waals surface area contributed by atoms with Gasteiger partial charge in [0.1, 0.15) is 11.5 Å². The third kappa shape index (κ3) is 11.9. The molecule has 0 aliphatic carbocycles. The number of aliphatic imine (C=N–C) groups is 1. The predicted molar refractivity (Wildman–Crippen MR) is 138 cm³/mol. The van der Waals surface area contributed by atoms with Crippen LogP contribution in [0.4, 0.5) is 5.69 Å². The van der Waals surface area contributed by atoms with Crippen LogP contribution in [0.2, 0.25) is 0 Å². The number of ether oxygens (including phenoxy) is 2. The zero-order valence-corrected chi connectivity index (χ0v) is 20.4. The number of nitrogens with zero attached hydrogens (tertiary/aromatic N) is 1. The summed E-state index contributed by atoms with van der Waals surface area (Å²) in [6, 6.07) is 16.1. The molecule has 2 rings (SSSR count). The van der Waals surface area contributed by atoms with Crippen molar-refractivity contribution in [3.05, 3.63) is 54.1 Å². The Kier molecular flexibility index (Phi) is 14.0. The van der Waals surface area contributed by atoms with Crippen molar-refractivity contribution in [2.75, 3.05) is 13.2 Å². The fourth-order valence-electron chi connectivity index (χ4n) is 3.54. The summed E-state index contributed by atoms with van der Waals surface area (Å²) in [5.41, 5.74) is 1.99. The van der Waals surface area contributed by atoms with Crippen molar-refractivity contribution >= 4 is 11.9 Å². The molecule has 32 heavy (non-hydrogen) atoms. The summed E-state index contributed by atoms with van der Waals surface area (Å²) in [6.07, 6.45) is 17.6. The van der Waals surface area contributed by atoms with Gasteiger partial charge in [0, 0.05) is 6.21 Å². The van der Waals surface area contributed by atoms with Crippen molar-refractivity contribution in [2.45, 2.75) is 90.9 Å². The number of hydrogen-bond donors (Lipinski definition) is 0. The maximum absolute atomic E-state index is 5.88. The van der Waals surface area contributed by atoms with Crippen molar-refractivity contribution in [2.24, 2.45) is 4.99 Å². The standard InChI is InChI=1S/C29H43NO2/c1-3-5-7-8-9-10-11-12-13-14-24-32-29-21-17-27(18-22-29)30-25-26-15-19-28(20-16-26)31-23-6-4-2/h15-22,25H,3-14,23-24H2,1-2H3. The molecular weight excluding hydrogens is 394 g/mol. The van der Waals surface area contributed by atoms with Gasteiger partial charge in [-0.2, -0.15) is 0 Å². The van der Waals surface area contributed by atoms with Crippen LogP contribution in [-0.4, -0.2) is 19.4 Å². The van der Waals surface area contributed by atoms with E-state index in [2.05, 4.69) is 18.8 Å². The Morgan fingerprint density at radius 2 is 1.03 bits per heavy atom. The van der Waals surface area contributed by atoms with Gasteiger partial charge in [-0.25, -0.2) is 0 Å². The molecule has 0 aromatic heterocycles. The van der Waals surface area contributed by atoms with Crippen LogP contribution in [0.3, 0.4) is 0 Å². The van der Waals surface area contributed by atoms with Crippen LogP contribution in [-0.2, 0) is 0 Å². The Morgan fingerprint density at radius 1 is 0.562 bits per heavy atom. The molecule has 0 fully saturated rings. The summed E-state index contributed by atoms with van der Waals surface area (Å²) in [4.78, 5) is 4.56. The first-order chi connectivity index (χ1) is 15.8. The molecular formula is C29H43NO2. The van der Waals surface area contributed by atoms with E-state index in [0.29, 0.717) is 0 Å². The van der Waals surface area contributed by atoms with Gasteiger partial charge in [-0.1, -0.05) is 78.1 Å². The molecule has 0 heterocycles. The van der Waals surface area contributed by atoms with E-state index in [4.69, 9.17) is 9.47 Å². The van der Waals surface area contributed by atoms with Crippen molar-refractivity contribution in [3.63, 3.8) is 0 Å². The summed E-state index contributed by atoms with van der Waals surface area (Å²) in [7, 11) is 0. The van der Waals surface area contributed by atoms with Gasteiger partial charge < -0.3 is 9.47 Å². The van der Waals surface area contributed by atoms with E-state index in [1.165, 1.54) is 57.8 Å². The number of unbranched alkanes of at least 4 members (excludes halogenated alkanes) is 10. The second-order valence-corrected chi connectivity index (χ2v) is 8.55. The molecule has 3 nitrogen and oxygen atoms in total. The summed E-state index contributed by atoms with van der Waals surface area (Å²) in [5.74, 6) is 1.84. The molecule has 2 aromatic rings. The third-order valence-corrected chi connectivity index (χ3v) is 5.61. The topological polar surface area (TPSA) is 30.8 Å². The molecule has 2 aromatic carbocycles. The average molecular weight is 438 g/mol. The van der Waals surface area contributed by atoms with E-state index in [1.807, 2.05) is 54.7 Å². The molecule has 0 aliphatic heterocycles. The molecule has 0 aliphatic rings. The molecule has 0 N–H and O–H groups in total. The molecule has 0 amide bonds. The Labute approximate surface area is 196 Å². The lowest BCUT2D eigenvalue weighted by atomic mass is 10.1. The summed E-state index contributed by atoms with van der Waals surface area (Å²) >= 11 is 0. The van der Waals surface area contributed by atoms with Crippen LogP contribution in [0.25, 0.3) is 0 Å². The van der Waals surface area contributed by atoms with E-state index >= 15 is 0 Å². The van der Waals surface area contributed by atoms with Crippen LogP contribution in [0.15, 0.2) is 53.5 Å². The first-order valence-corrected chi connectivity index (χ1v) is 12.8. The minimum Gasteiger partial charge on any atom is -0.494 e. The fourth-order valence-corrected chi connectivity index (χ4v) is 3.54. The van der Waals surface area contributed by atoms with Gasteiger partial charge in [-0.05, 0) is 66.9 Å². The van der Waals surface area contributed by atoms with Crippen LogP contribution in [0.5, 0.6) is 11.5 Å². The van der Waals surface area contributed by atoms with Gasteiger partial charge in [0.05, 0.1) is 18.9 Å². The average Bonchev–Trinajstić information content (AvgIpc) is 2.83. The second-order valence-electron chi connectivity index (χ2n) is 8.55. The first-order valence-electron chi connectivity index (χ1n) is 12.8. The monoisotopic (exact) mass is 437 g/mol. The van der Waals surface area contributed by atoms with E-state index < -0.39 is 0 Å². The lowest BCUT2D eigenvalue weighted by molar-refractivity contribution is 0.304. The second kappa shape index (κ2) is 17.3. The van der Waals surface area contributed by atoms with Crippen molar-refractivity contribution < 1.29 is 9.47 Å². The highest BCUT2D eigenvalue weighted by molar-refractivity contribution is 5.82. The largest absolute Gasteiger partial charge is 0.494 e. The molecule has 0 unspecified atom stereocenters. The summed E-state index contributed by atoms with van der Waals surface area (Å²) in [6.45, 7) is 6.01. The van der Waals surface area contributed by atoms with E-state index in [-0.39, 0.29) is 0 Å². The minimum absolute atomic E-state index is 0.775. The van der Waals surface area contributed by atoms with Crippen molar-refractivity contribution in [1.29, 1.82) is 0 Å². The van der Waals surface area contributed by atoms with Crippen LogP contribution in [0.1, 0.15) is 96.5 Å². The van der Waals surface area contributed by atoms with E-state index in [0.717, 1.165) is 55.2 Å². The third-order valence-electron chi connectivity index (χ3n) is 5.61. The van der Waals surface area contributed by atoms with Crippen LogP contribution >= 0.6 is 0 Å². The molecule has 0 bridgehead atoms. The Morgan fingerprint density at radius 3 is 1.59 bits per heavy atom. The number of benzene rings is 2. The molecule has 176 valence electrons. The lowest BCUT2D eigenvalue weighted by Gasteiger charge is -2.06. The first kappa shape index (κ1) is 26.0. The molecule has 0 spiro atoms.